The summed E-state index contributed by atoms with van der Waals surface area (Å²) < 4.78 is 2.20. The minimum atomic E-state index is -0.0715. The zero-order valence-corrected chi connectivity index (χ0v) is 17.3. The molecule has 0 bridgehead atoms. The molecule has 5 rings (SSSR count). The first-order valence-corrected chi connectivity index (χ1v) is 11.4. The van der Waals surface area contributed by atoms with Crippen LogP contribution in [0.25, 0.3) is 20.7 Å². The maximum Gasteiger partial charge on any atom is 0.260 e. The highest BCUT2D eigenvalue weighted by molar-refractivity contribution is 7.98. The summed E-state index contributed by atoms with van der Waals surface area (Å²) in [6, 6.07) is 4.68. The van der Waals surface area contributed by atoms with Gasteiger partial charge in [-0.05, 0) is 38.8 Å². The Kier molecular flexibility index (Phi) is 4.18. The van der Waals surface area contributed by atoms with Gasteiger partial charge in [0, 0.05) is 26.7 Å². The zero-order valence-electron chi connectivity index (χ0n) is 14.9. The second-order valence-electron chi connectivity index (χ2n) is 6.67. The van der Waals surface area contributed by atoms with E-state index in [1.807, 2.05) is 12.3 Å². The maximum absolute atomic E-state index is 12.7. The molecule has 4 heterocycles. The molecule has 138 valence electrons. The van der Waals surface area contributed by atoms with Gasteiger partial charge in [0.25, 0.3) is 5.56 Å². The monoisotopic (exact) mass is 415 g/mol. The molecule has 0 aliphatic heterocycles. The Morgan fingerprint density at radius 1 is 1.30 bits per heavy atom. The largest absolute Gasteiger partial charge is 0.309 e. The summed E-state index contributed by atoms with van der Waals surface area (Å²) in [5, 5.41) is 12.1. The van der Waals surface area contributed by atoms with E-state index in [-0.39, 0.29) is 5.56 Å². The molecule has 0 atom stereocenters. The van der Waals surface area contributed by atoms with E-state index in [1.54, 1.807) is 23.1 Å². The molecule has 0 amide bonds. The van der Waals surface area contributed by atoms with E-state index in [4.69, 9.17) is 4.98 Å². The number of hydrogen-bond acceptors (Lipinski definition) is 7. The van der Waals surface area contributed by atoms with Gasteiger partial charge in [0.15, 0.2) is 5.16 Å². The van der Waals surface area contributed by atoms with E-state index in [0.29, 0.717) is 23.0 Å². The lowest BCUT2D eigenvalue weighted by Gasteiger charge is -2.06. The zero-order chi connectivity index (χ0) is 18.5. The third-order valence-corrected chi connectivity index (χ3v) is 7.44. The highest BCUT2D eigenvalue weighted by atomic mass is 32.2. The molecular weight excluding hydrogens is 398 g/mol. The van der Waals surface area contributed by atoms with E-state index in [2.05, 4.69) is 38.8 Å². The Balaban J connectivity index is 1.44. The number of thiophene rings is 2. The van der Waals surface area contributed by atoms with Crippen LogP contribution in [-0.2, 0) is 5.75 Å². The topological polar surface area (TPSA) is 76.5 Å². The lowest BCUT2D eigenvalue weighted by atomic mass is 10.2. The Morgan fingerprint density at radius 3 is 2.89 bits per heavy atom. The fourth-order valence-electron chi connectivity index (χ4n) is 3.16. The molecule has 1 fully saturated rings. The van der Waals surface area contributed by atoms with Gasteiger partial charge in [0.2, 0.25) is 0 Å². The highest BCUT2D eigenvalue weighted by Gasteiger charge is 2.28. The van der Waals surface area contributed by atoms with Gasteiger partial charge in [-0.2, -0.15) is 0 Å². The normalized spacial score (nSPS) is 14.3. The first-order valence-electron chi connectivity index (χ1n) is 8.71. The van der Waals surface area contributed by atoms with Crippen molar-refractivity contribution < 1.29 is 0 Å². The van der Waals surface area contributed by atoms with E-state index in [1.165, 1.54) is 29.1 Å². The van der Waals surface area contributed by atoms with Crippen molar-refractivity contribution in [1.29, 1.82) is 0 Å². The predicted octanol–water partition coefficient (Wildman–Crippen LogP) is 4.55. The molecule has 27 heavy (non-hydrogen) atoms. The Hall–Kier alpha value is -1.97. The van der Waals surface area contributed by atoms with Gasteiger partial charge in [-0.15, -0.1) is 32.9 Å². The molecule has 9 heteroatoms. The number of aryl methyl sites for hydroxylation is 2. The Bertz CT molecular complexity index is 1200. The Labute approximate surface area is 167 Å². The van der Waals surface area contributed by atoms with Crippen LogP contribution in [0.3, 0.4) is 0 Å². The third kappa shape index (κ3) is 3.13. The molecule has 0 unspecified atom stereocenters. The quantitative estimate of drug-likeness (QED) is 0.484. The molecule has 1 aliphatic carbocycles. The van der Waals surface area contributed by atoms with Crippen LogP contribution >= 0.6 is 34.4 Å². The van der Waals surface area contributed by atoms with Crippen molar-refractivity contribution in [2.75, 3.05) is 0 Å². The van der Waals surface area contributed by atoms with E-state index in [0.717, 1.165) is 26.3 Å². The van der Waals surface area contributed by atoms with Gasteiger partial charge in [-0.25, -0.2) is 4.98 Å². The molecule has 1 N–H and O–H groups in total. The fourth-order valence-corrected chi connectivity index (χ4v) is 6.00. The number of thioether (sulfide) groups is 1. The molecule has 0 spiro atoms. The average molecular weight is 416 g/mol. The van der Waals surface area contributed by atoms with Crippen LogP contribution in [0.5, 0.6) is 0 Å². The van der Waals surface area contributed by atoms with Crippen molar-refractivity contribution in [3.8, 4) is 10.4 Å². The first kappa shape index (κ1) is 17.2. The average Bonchev–Trinajstić information content (AvgIpc) is 3.05. The summed E-state index contributed by atoms with van der Waals surface area (Å²) in [7, 11) is 0. The molecule has 0 saturated heterocycles. The van der Waals surface area contributed by atoms with Crippen molar-refractivity contribution in [2.45, 2.75) is 43.6 Å². The van der Waals surface area contributed by atoms with Crippen LogP contribution < -0.4 is 5.56 Å². The van der Waals surface area contributed by atoms with Crippen molar-refractivity contribution in [3.05, 3.63) is 44.4 Å². The Morgan fingerprint density at radius 2 is 2.15 bits per heavy atom. The van der Waals surface area contributed by atoms with Gasteiger partial charge >= 0.3 is 0 Å². The van der Waals surface area contributed by atoms with Crippen molar-refractivity contribution >= 4 is 44.7 Å². The van der Waals surface area contributed by atoms with Gasteiger partial charge in [0.1, 0.15) is 16.5 Å². The number of aromatic nitrogens is 5. The number of fused-ring (bicyclic) bond motifs is 1. The SMILES string of the molecule is Cc1ccc(-c2csc3nc(CSc4nnc(C)n4C4CC4)[nH]c(=O)c23)s1. The summed E-state index contributed by atoms with van der Waals surface area (Å²) in [5.41, 5.74) is 0.905. The van der Waals surface area contributed by atoms with Gasteiger partial charge in [-0.3, -0.25) is 4.79 Å². The number of hydrogen-bond donors (Lipinski definition) is 1. The number of rotatable bonds is 5. The maximum atomic E-state index is 12.7. The summed E-state index contributed by atoms with van der Waals surface area (Å²) in [4.78, 5) is 23.5. The van der Waals surface area contributed by atoms with Gasteiger partial charge < -0.3 is 9.55 Å². The highest BCUT2D eigenvalue weighted by Crippen LogP contribution is 2.39. The molecule has 0 aromatic carbocycles. The van der Waals surface area contributed by atoms with Crippen LogP contribution in [0, 0.1) is 13.8 Å². The molecule has 6 nitrogen and oxygen atoms in total. The summed E-state index contributed by atoms with van der Waals surface area (Å²) in [5.74, 6) is 2.20. The predicted molar refractivity (Wildman–Crippen MR) is 111 cm³/mol. The van der Waals surface area contributed by atoms with Crippen LogP contribution in [0.2, 0.25) is 0 Å². The fraction of sp³-hybridized carbons (Fsp3) is 0.333. The van der Waals surface area contributed by atoms with Crippen molar-refractivity contribution in [1.82, 2.24) is 24.7 Å². The standard InChI is InChI=1S/C18H17N5OS3/c1-9-3-6-13(27-9)12-7-25-17-15(12)16(24)19-14(20-17)8-26-18-22-21-10(2)23(18)11-4-5-11/h3,6-7,11H,4-5,8H2,1-2H3,(H,19,20,24). The van der Waals surface area contributed by atoms with E-state index < -0.39 is 0 Å². The molecule has 4 aromatic heterocycles. The van der Waals surface area contributed by atoms with Crippen LogP contribution in [0.4, 0.5) is 0 Å². The minimum Gasteiger partial charge on any atom is -0.309 e. The molecule has 0 radical (unpaired) electrons. The molecule has 1 aliphatic rings. The number of nitrogens with one attached hydrogen (secondary N) is 1. The van der Waals surface area contributed by atoms with E-state index in [9.17, 15) is 4.79 Å². The van der Waals surface area contributed by atoms with Crippen LogP contribution in [-0.4, -0.2) is 24.7 Å². The second-order valence-corrected chi connectivity index (χ2v) is 9.76. The summed E-state index contributed by atoms with van der Waals surface area (Å²) in [6.45, 7) is 4.06. The lowest BCUT2D eigenvalue weighted by Crippen LogP contribution is -2.11. The first-order chi connectivity index (χ1) is 13.1. The molecule has 4 aromatic rings. The number of nitrogens with zero attached hydrogens (tertiary/aromatic N) is 4. The third-order valence-electron chi connectivity index (χ3n) is 4.58. The lowest BCUT2D eigenvalue weighted by molar-refractivity contribution is 0.644. The van der Waals surface area contributed by atoms with Gasteiger partial charge in [0.05, 0.1) is 11.1 Å². The molecular formula is C18H17N5OS3. The summed E-state index contributed by atoms with van der Waals surface area (Å²) >= 11 is 4.80. The minimum absolute atomic E-state index is 0.0715. The number of H-pyrrole nitrogens is 1. The summed E-state index contributed by atoms with van der Waals surface area (Å²) in [6.07, 6.45) is 2.38. The van der Waals surface area contributed by atoms with E-state index >= 15 is 0 Å². The van der Waals surface area contributed by atoms with Gasteiger partial charge in [-0.1, -0.05) is 11.8 Å². The smallest absolute Gasteiger partial charge is 0.260 e. The van der Waals surface area contributed by atoms with Crippen molar-refractivity contribution in [3.63, 3.8) is 0 Å². The van der Waals surface area contributed by atoms with Crippen LogP contribution in [0.1, 0.15) is 35.4 Å². The second kappa shape index (κ2) is 6.57. The van der Waals surface area contributed by atoms with Crippen molar-refractivity contribution in [2.24, 2.45) is 0 Å². The number of aromatic amines is 1. The van der Waals surface area contributed by atoms with Crippen LogP contribution in [0.15, 0.2) is 27.5 Å². The molecule has 1 saturated carbocycles.